The van der Waals surface area contributed by atoms with Crippen molar-refractivity contribution in [1.29, 1.82) is 0 Å². The third-order valence-corrected chi connectivity index (χ3v) is 10.6. The molecule has 0 aromatic heterocycles. The van der Waals surface area contributed by atoms with E-state index in [2.05, 4.69) is 98.9 Å². The summed E-state index contributed by atoms with van der Waals surface area (Å²) in [7, 11) is -5.20. The van der Waals surface area contributed by atoms with Gasteiger partial charge >= 0.3 is 19.8 Å². The Kier molecular flexibility index (Phi) is 35.4. The average Bonchev–Trinajstić information content (AvgIpc) is 3.29. The number of phosphoric ester groups is 1. The summed E-state index contributed by atoms with van der Waals surface area (Å²) < 4.78 is 33.3. The molecule has 1 saturated carbocycles. The Labute approximate surface area is 392 Å². The van der Waals surface area contributed by atoms with E-state index in [9.17, 15) is 49.7 Å². The fraction of sp³-hybridized carbons (Fsp3) is 0.529. The van der Waals surface area contributed by atoms with Crippen molar-refractivity contribution in [1.82, 2.24) is 0 Å². The quantitative estimate of drug-likeness (QED) is 0.0138. The molecule has 0 radical (unpaired) electrons. The molecule has 1 aliphatic rings. The maximum absolute atomic E-state index is 12.8. The van der Waals surface area contributed by atoms with Crippen molar-refractivity contribution in [3.63, 3.8) is 0 Å². The molecule has 1 aliphatic carbocycles. The van der Waals surface area contributed by atoms with E-state index in [1.54, 1.807) is 12.2 Å². The van der Waals surface area contributed by atoms with Gasteiger partial charge in [-0.3, -0.25) is 18.6 Å². The third-order valence-electron chi connectivity index (χ3n) is 9.60. The van der Waals surface area contributed by atoms with Gasteiger partial charge in [-0.05, 0) is 83.5 Å². The lowest BCUT2D eigenvalue weighted by Crippen LogP contribution is -2.64. The van der Waals surface area contributed by atoms with Gasteiger partial charge in [0.25, 0.3) is 0 Å². The molecule has 0 amide bonds. The van der Waals surface area contributed by atoms with Crippen LogP contribution in [-0.4, -0.2) is 110 Å². The largest absolute Gasteiger partial charge is 0.472 e. The Morgan fingerprint density at radius 3 is 1.44 bits per heavy atom. The van der Waals surface area contributed by atoms with Gasteiger partial charge in [0.05, 0.1) is 12.7 Å². The smallest absolute Gasteiger partial charge is 0.462 e. The Balaban J connectivity index is 2.62. The predicted octanol–water partition coefficient (Wildman–Crippen LogP) is 8.13. The van der Waals surface area contributed by atoms with Crippen molar-refractivity contribution >= 4 is 19.8 Å². The van der Waals surface area contributed by atoms with Crippen LogP contribution in [0.15, 0.2) is 134 Å². The first-order valence-corrected chi connectivity index (χ1v) is 24.6. The van der Waals surface area contributed by atoms with Crippen LogP contribution in [0, 0.1) is 0 Å². The van der Waals surface area contributed by atoms with E-state index in [0.29, 0.717) is 12.8 Å². The molecule has 1 rings (SSSR count). The number of carbonyl (C=O) groups excluding carboxylic acids is 2. The molecule has 4 unspecified atom stereocenters. The molecular formula is C51H77O14P. The molecule has 0 aromatic rings. The van der Waals surface area contributed by atoms with Gasteiger partial charge in [-0.1, -0.05) is 148 Å². The molecule has 9 atom stereocenters. The van der Waals surface area contributed by atoms with Gasteiger partial charge in [0.1, 0.15) is 43.2 Å². The highest BCUT2D eigenvalue weighted by Gasteiger charge is 2.51. The number of phosphoric acid groups is 1. The highest BCUT2D eigenvalue weighted by Crippen LogP contribution is 2.47. The van der Waals surface area contributed by atoms with Crippen LogP contribution in [0.3, 0.4) is 0 Å². The SMILES string of the molecule is CC/C=C\C/C=C\C/C=C\C/C=C\C=C\C(O)CCCC(=O)O[C@H](COC(=O)CC/C=C\C/C=C\C/C=C\C/C=C\C/C=C\C/C=C\CC)COP(=O)(O)OC1[C@H](O)[C@H](O)C(O)[C@H](O)[C@H]1O. The van der Waals surface area contributed by atoms with Gasteiger partial charge in [-0.15, -0.1) is 0 Å². The van der Waals surface area contributed by atoms with E-state index in [1.165, 1.54) is 0 Å². The number of hydrogen-bond donors (Lipinski definition) is 7. The van der Waals surface area contributed by atoms with Crippen molar-refractivity contribution in [2.24, 2.45) is 0 Å². The maximum Gasteiger partial charge on any atom is 0.472 e. The first-order valence-electron chi connectivity index (χ1n) is 23.1. The standard InChI is InChI=1S/C51H77O14P/c1-3-5-7-9-11-13-15-17-18-19-20-21-22-24-26-28-30-32-34-38-44(53)62-40-43(41-63-66(60,61)65-51-49(58)47(56)46(55)48(57)50(51)59)64-45(54)39-35-37-42(52)36-33-31-29-27-25-23-16-14-12-10-8-6-4-2/h5-8,11-14,17-18,20-21,23-26,29-33,36,42-43,46-52,55-59H,3-4,9-10,15-16,19,22,27-28,34-35,37-41H2,1-2H3,(H,60,61)/b7-5-,8-6-,13-11-,14-12-,18-17-,21-20-,25-23-,26-24-,31-29-,32-30-,36-33+/t42?,43-,46?,47-,48+,49-,50-,51?/m1/s1. The summed E-state index contributed by atoms with van der Waals surface area (Å²) >= 11 is 0. The zero-order valence-corrected chi connectivity index (χ0v) is 39.7. The number of ether oxygens (including phenoxy) is 2. The van der Waals surface area contributed by atoms with Crippen LogP contribution in [0.4, 0.5) is 0 Å². The minimum Gasteiger partial charge on any atom is -0.462 e. The molecule has 0 heterocycles. The summed E-state index contributed by atoms with van der Waals surface area (Å²) in [5.41, 5.74) is 0. The molecule has 0 aliphatic heterocycles. The monoisotopic (exact) mass is 945 g/mol. The van der Waals surface area contributed by atoms with Crippen LogP contribution in [0.1, 0.15) is 110 Å². The van der Waals surface area contributed by atoms with Gasteiger partial charge in [0, 0.05) is 12.8 Å². The van der Waals surface area contributed by atoms with Crippen LogP contribution in [0.25, 0.3) is 0 Å². The summed E-state index contributed by atoms with van der Waals surface area (Å²) in [4.78, 5) is 35.7. The molecular weight excluding hydrogens is 868 g/mol. The molecule has 0 bridgehead atoms. The van der Waals surface area contributed by atoms with Crippen LogP contribution in [0.2, 0.25) is 0 Å². The van der Waals surface area contributed by atoms with Gasteiger partial charge < -0.3 is 45.0 Å². The molecule has 7 N–H and O–H groups in total. The Bertz CT molecular complexity index is 1670. The number of rotatable bonds is 35. The minimum absolute atomic E-state index is 0.00836. The lowest BCUT2D eigenvalue weighted by molar-refractivity contribution is -0.220. The normalized spacial score (nSPS) is 23.0. The fourth-order valence-electron chi connectivity index (χ4n) is 5.93. The summed E-state index contributed by atoms with van der Waals surface area (Å²) in [6, 6.07) is 0. The van der Waals surface area contributed by atoms with Gasteiger partial charge in [0.2, 0.25) is 0 Å². The second-order valence-corrected chi connectivity index (χ2v) is 16.7. The zero-order valence-electron chi connectivity index (χ0n) is 38.8. The summed E-state index contributed by atoms with van der Waals surface area (Å²) in [5.74, 6) is -1.42. The Morgan fingerprint density at radius 1 is 0.545 bits per heavy atom. The maximum atomic E-state index is 12.8. The molecule has 66 heavy (non-hydrogen) atoms. The molecule has 14 nitrogen and oxygen atoms in total. The highest BCUT2D eigenvalue weighted by molar-refractivity contribution is 7.47. The Hall–Kier alpha value is -4.05. The zero-order chi connectivity index (χ0) is 48.7. The first-order chi connectivity index (χ1) is 31.8. The van der Waals surface area contributed by atoms with E-state index in [1.807, 2.05) is 36.5 Å². The molecule has 0 saturated heterocycles. The predicted molar refractivity (Wildman–Crippen MR) is 259 cm³/mol. The number of allylic oxidation sites excluding steroid dienone is 21. The number of esters is 2. The van der Waals surface area contributed by atoms with Crippen LogP contribution in [0.5, 0.6) is 0 Å². The van der Waals surface area contributed by atoms with Crippen molar-refractivity contribution in [3.8, 4) is 0 Å². The van der Waals surface area contributed by atoms with E-state index < -0.39 is 81.8 Å². The number of aliphatic hydroxyl groups is 6. The van der Waals surface area contributed by atoms with Gasteiger partial charge in [-0.25, -0.2) is 4.57 Å². The topological polar surface area (TPSA) is 230 Å². The van der Waals surface area contributed by atoms with Crippen molar-refractivity contribution in [2.75, 3.05) is 13.2 Å². The number of hydrogen-bond acceptors (Lipinski definition) is 13. The molecule has 0 aromatic carbocycles. The summed E-state index contributed by atoms with van der Waals surface area (Å²) in [6.07, 6.45) is 39.6. The van der Waals surface area contributed by atoms with Crippen molar-refractivity contribution < 1.29 is 68.2 Å². The van der Waals surface area contributed by atoms with Gasteiger partial charge in [0.15, 0.2) is 6.10 Å². The van der Waals surface area contributed by atoms with Crippen LogP contribution >= 0.6 is 7.82 Å². The van der Waals surface area contributed by atoms with Crippen LogP contribution in [-0.2, 0) is 32.7 Å². The van der Waals surface area contributed by atoms with Crippen molar-refractivity contribution in [3.05, 3.63) is 134 Å². The third kappa shape index (κ3) is 31.0. The van der Waals surface area contributed by atoms with Gasteiger partial charge in [-0.2, -0.15) is 0 Å². The summed E-state index contributed by atoms with van der Waals surface area (Å²) in [6.45, 7) is 2.82. The lowest BCUT2D eigenvalue weighted by atomic mass is 9.85. The van der Waals surface area contributed by atoms with Crippen molar-refractivity contribution in [2.45, 2.75) is 159 Å². The average molecular weight is 945 g/mol. The number of carbonyl (C=O) groups is 2. The molecule has 1 fully saturated rings. The van der Waals surface area contributed by atoms with E-state index in [0.717, 1.165) is 57.8 Å². The Morgan fingerprint density at radius 2 is 0.970 bits per heavy atom. The van der Waals surface area contributed by atoms with E-state index >= 15 is 0 Å². The van der Waals surface area contributed by atoms with Crippen LogP contribution < -0.4 is 0 Å². The molecule has 370 valence electrons. The fourth-order valence-corrected chi connectivity index (χ4v) is 6.90. The van der Waals surface area contributed by atoms with E-state index in [-0.39, 0.29) is 25.7 Å². The number of aliphatic hydroxyl groups excluding tert-OH is 6. The first kappa shape index (κ1) is 60.0. The second kappa shape index (κ2) is 39.0. The molecule has 15 heteroatoms. The summed E-state index contributed by atoms with van der Waals surface area (Å²) in [5, 5.41) is 60.5. The van der Waals surface area contributed by atoms with E-state index in [4.69, 9.17) is 18.5 Å². The minimum atomic E-state index is -5.20. The molecule has 0 spiro atoms. The highest BCUT2D eigenvalue weighted by atomic mass is 31.2. The lowest BCUT2D eigenvalue weighted by Gasteiger charge is -2.41. The second-order valence-electron chi connectivity index (χ2n) is 15.3.